The van der Waals surface area contributed by atoms with Gasteiger partial charge in [-0.2, -0.15) is 0 Å². The second-order valence-electron chi connectivity index (χ2n) is 11.2. The summed E-state index contributed by atoms with van der Waals surface area (Å²) in [5.74, 6) is 0.309. The molecular weight excluding hydrogens is 576 g/mol. The number of benzene rings is 3. The number of thiophene rings is 1. The van der Waals surface area contributed by atoms with Gasteiger partial charge in [-0.3, -0.25) is 0 Å². The molecule has 6 aromatic rings. The van der Waals surface area contributed by atoms with Crippen LogP contribution in [0.4, 0.5) is 0 Å². The van der Waals surface area contributed by atoms with Crippen LogP contribution >= 0.6 is 22.9 Å². The van der Waals surface area contributed by atoms with Crippen molar-refractivity contribution in [3.05, 3.63) is 106 Å². The Hall–Kier alpha value is -4.13. The summed E-state index contributed by atoms with van der Waals surface area (Å²) in [7, 11) is 1.68. The molecule has 43 heavy (non-hydrogen) atoms. The minimum Gasteiger partial charge on any atom is -0.497 e. The van der Waals surface area contributed by atoms with Crippen molar-refractivity contribution in [2.45, 2.75) is 44.6 Å². The van der Waals surface area contributed by atoms with Crippen LogP contribution in [0.25, 0.3) is 43.6 Å². The van der Waals surface area contributed by atoms with Gasteiger partial charge in [-0.05, 0) is 77.9 Å². The van der Waals surface area contributed by atoms with Crippen LogP contribution in [0.2, 0.25) is 5.02 Å². The molecule has 3 heterocycles. The van der Waals surface area contributed by atoms with E-state index in [1.165, 1.54) is 41.9 Å². The average molecular weight is 607 g/mol. The van der Waals surface area contributed by atoms with Crippen LogP contribution in [0.3, 0.4) is 0 Å². The first-order chi connectivity index (χ1) is 21.0. The fourth-order valence-electron chi connectivity index (χ4n) is 6.54. The van der Waals surface area contributed by atoms with Crippen molar-refractivity contribution in [2.24, 2.45) is 0 Å². The van der Waals surface area contributed by atoms with Crippen LogP contribution in [0.15, 0.2) is 84.9 Å². The van der Waals surface area contributed by atoms with E-state index in [1.54, 1.807) is 7.11 Å². The lowest BCUT2D eigenvalue weighted by Gasteiger charge is -2.24. The minimum absolute atomic E-state index is 0.378. The molecule has 0 spiro atoms. The van der Waals surface area contributed by atoms with Gasteiger partial charge in [-0.15, -0.1) is 11.3 Å². The summed E-state index contributed by atoms with van der Waals surface area (Å²) in [5, 5.41) is 11.7. The Morgan fingerprint density at radius 3 is 2.63 bits per heavy atom. The second-order valence-corrected chi connectivity index (χ2v) is 12.7. The summed E-state index contributed by atoms with van der Waals surface area (Å²) >= 11 is 7.89. The third kappa shape index (κ3) is 5.19. The molecule has 0 amide bonds. The number of rotatable bonds is 7. The molecule has 0 radical (unpaired) electrons. The average Bonchev–Trinajstić information content (AvgIpc) is 3.60. The van der Waals surface area contributed by atoms with Gasteiger partial charge in [-0.25, -0.2) is 9.78 Å². The van der Waals surface area contributed by atoms with Gasteiger partial charge in [0.25, 0.3) is 0 Å². The number of carbonyl (C=O) groups is 1. The maximum absolute atomic E-state index is 12.1. The highest BCUT2D eigenvalue weighted by Gasteiger charge is 2.29. The van der Waals surface area contributed by atoms with Crippen LogP contribution < -0.4 is 4.74 Å². The normalized spacial score (nSPS) is 14.0. The number of ether oxygens (including phenoxy) is 1. The third-order valence-electron chi connectivity index (χ3n) is 8.58. The summed E-state index contributed by atoms with van der Waals surface area (Å²) in [6.45, 7) is 0.604. The zero-order chi connectivity index (χ0) is 29.5. The number of carboxylic acid groups (broad SMARTS) is 1. The topological polar surface area (TPSA) is 64.4 Å². The van der Waals surface area contributed by atoms with E-state index in [0.717, 1.165) is 62.1 Å². The molecule has 0 aliphatic heterocycles. The van der Waals surface area contributed by atoms with Gasteiger partial charge < -0.3 is 14.4 Å². The molecule has 1 N–H and O–H groups in total. The zero-order valence-corrected chi connectivity index (χ0v) is 25.4. The third-order valence-corrected chi connectivity index (χ3v) is 10.1. The molecular formula is C36H31ClN2O3S. The van der Waals surface area contributed by atoms with Crippen molar-refractivity contribution in [3.8, 4) is 28.3 Å². The Kier molecular flexibility index (Phi) is 7.41. The Labute approximate surface area is 259 Å². The number of hydrogen-bond donors (Lipinski definition) is 1. The maximum Gasteiger partial charge on any atom is 0.345 e. The van der Waals surface area contributed by atoms with Gasteiger partial charge in [-0.1, -0.05) is 73.3 Å². The maximum atomic E-state index is 12.1. The predicted octanol–water partition coefficient (Wildman–Crippen LogP) is 10.0. The fraction of sp³-hybridized carbons (Fsp3) is 0.222. The molecule has 0 atom stereocenters. The van der Waals surface area contributed by atoms with E-state index in [4.69, 9.17) is 21.3 Å². The standard InChI is InChI=1S/C36H31ClN2O3S/c1-42-26-11-7-8-22(18-26)21-39-31-20-32(36(40)41)43-35(31)33(23-9-3-2-4-10-23)34(39)25-15-16-29-24(19-25)14-17-30(38-29)27-12-5-6-13-28(27)37/h5-8,11-20,23H,2-4,9-10,21H2,1H3,(H,40,41). The van der Waals surface area contributed by atoms with E-state index in [1.807, 2.05) is 48.5 Å². The minimum atomic E-state index is -0.878. The quantitative estimate of drug-likeness (QED) is 0.196. The van der Waals surface area contributed by atoms with E-state index < -0.39 is 5.97 Å². The lowest BCUT2D eigenvalue weighted by Crippen LogP contribution is -2.08. The van der Waals surface area contributed by atoms with Crippen molar-refractivity contribution in [3.63, 3.8) is 0 Å². The van der Waals surface area contributed by atoms with E-state index in [-0.39, 0.29) is 0 Å². The van der Waals surface area contributed by atoms with Gasteiger partial charge in [0.15, 0.2) is 0 Å². The highest BCUT2D eigenvalue weighted by Crippen LogP contribution is 2.47. The monoisotopic (exact) mass is 606 g/mol. The molecule has 7 heteroatoms. The van der Waals surface area contributed by atoms with Crippen molar-refractivity contribution in [1.29, 1.82) is 0 Å². The first-order valence-corrected chi connectivity index (χ1v) is 15.9. The van der Waals surface area contributed by atoms with Crippen molar-refractivity contribution >= 4 is 50.0 Å². The van der Waals surface area contributed by atoms with Gasteiger partial charge in [0.1, 0.15) is 10.6 Å². The van der Waals surface area contributed by atoms with Crippen LogP contribution in [0, 0.1) is 0 Å². The second kappa shape index (κ2) is 11.5. The van der Waals surface area contributed by atoms with Crippen molar-refractivity contribution < 1.29 is 14.6 Å². The summed E-state index contributed by atoms with van der Waals surface area (Å²) < 4.78 is 8.94. The first kappa shape index (κ1) is 27.7. The number of pyridine rings is 1. The lowest BCUT2D eigenvalue weighted by molar-refractivity contribution is 0.0702. The Balaban J connectivity index is 1.43. The number of hydrogen-bond acceptors (Lipinski definition) is 4. The molecule has 0 bridgehead atoms. The zero-order valence-electron chi connectivity index (χ0n) is 23.8. The van der Waals surface area contributed by atoms with E-state index in [2.05, 4.69) is 41.0 Å². The Morgan fingerprint density at radius 2 is 1.84 bits per heavy atom. The SMILES string of the molecule is COc1cccc(Cn2c(-c3ccc4nc(-c5ccccc5Cl)ccc4c3)c(C3CCCCC3)c3sc(C(=O)O)cc32)c1. The molecule has 1 fully saturated rings. The fourth-order valence-corrected chi connectivity index (χ4v) is 7.90. The first-order valence-electron chi connectivity index (χ1n) is 14.7. The molecule has 1 aliphatic rings. The van der Waals surface area contributed by atoms with E-state index in [0.29, 0.717) is 22.4 Å². The molecule has 7 rings (SSSR count). The van der Waals surface area contributed by atoms with Gasteiger partial charge >= 0.3 is 5.97 Å². The molecule has 216 valence electrons. The number of halogens is 1. The van der Waals surface area contributed by atoms with Gasteiger partial charge in [0.05, 0.1) is 34.2 Å². The van der Waals surface area contributed by atoms with Crippen molar-refractivity contribution in [2.75, 3.05) is 7.11 Å². The molecule has 0 unspecified atom stereocenters. The van der Waals surface area contributed by atoms with Crippen LogP contribution in [-0.4, -0.2) is 27.7 Å². The predicted molar refractivity (Wildman–Crippen MR) is 176 cm³/mol. The number of aromatic nitrogens is 2. The number of methoxy groups -OCH3 is 1. The highest BCUT2D eigenvalue weighted by atomic mass is 35.5. The molecule has 3 aromatic carbocycles. The Morgan fingerprint density at radius 1 is 1.00 bits per heavy atom. The molecule has 1 aliphatic carbocycles. The summed E-state index contributed by atoms with van der Waals surface area (Å²) in [6, 6.07) is 28.4. The van der Waals surface area contributed by atoms with Crippen molar-refractivity contribution in [1.82, 2.24) is 9.55 Å². The number of carboxylic acids is 1. The smallest absolute Gasteiger partial charge is 0.345 e. The number of aromatic carboxylic acids is 1. The number of fused-ring (bicyclic) bond motifs is 2. The molecule has 3 aromatic heterocycles. The van der Waals surface area contributed by atoms with Crippen LogP contribution in [0.5, 0.6) is 5.75 Å². The number of nitrogens with zero attached hydrogens (tertiary/aromatic N) is 2. The summed E-state index contributed by atoms with van der Waals surface area (Å²) in [6.07, 6.45) is 5.86. The molecule has 1 saturated carbocycles. The van der Waals surface area contributed by atoms with E-state index in [9.17, 15) is 9.90 Å². The van der Waals surface area contributed by atoms with Crippen LogP contribution in [-0.2, 0) is 6.54 Å². The lowest BCUT2D eigenvalue weighted by atomic mass is 9.83. The molecule has 5 nitrogen and oxygen atoms in total. The highest BCUT2D eigenvalue weighted by molar-refractivity contribution is 7.21. The van der Waals surface area contributed by atoms with Crippen LogP contribution in [0.1, 0.15) is 58.8 Å². The largest absolute Gasteiger partial charge is 0.497 e. The van der Waals surface area contributed by atoms with Gasteiger partial charge in [0, 0.05) is 22.5 Å². The molecule has 0 saturated heterocycles. The summed E-state index contributed by atoms with van der Waals surface area (Å²) in [5.41, 5.74) is 8.31. The van der Waals surface area contributed by atoms with Gasteiger partial charge in [0.2, 0.25) is 0 Å². The summed E-state index contributed by atoms with van der Waals surface area (Å²) in [4.78, 5) is 17.5. The van der Waals surface area contributed by atoms with E-state index >= 15 is 0 Å². The Bertz CT molecular complexity index is 1990.